The Labute approximate surface area is 253 Å². The highest BCUT2D eigenvalue weighted by atomic mass is 16.2. The van der Waals surface area contributed by atoms with Crippen LogP contribution in [-0.2, 0) is 29.1 Å². The number of rotatable bonds is 9. The van der Waals surface area contributed by atoms with Crippen LogP contribution in [0.5, 0.6) is 0 Å². The largest absolute Gasteiger partial charge is 0.348 e. The summed E-state index contributed by atoms with van der Waals surface area (Å²) in [5.41, 5.74) is 11.6. The Morgan fingerprint density at radius 3 is 2.28 bits per heavy atom. The van der Waals surface area contributed by atoms with E-state index < -0.39 is 11.6 Å². The third kappa shape index (κ3) is 7.56. The minimum absolute atomic E-state index is 0.136. The second-order valence-electron chi connectivity index (χ2n) is 11.8. The maximum atomic E-state index is 13.8. The first kappa shape index (κ1) is 29.7. The van der Waals surface area contributed by atoms with Gasteiger partial charge in [0.2, 0.25) is 11.8 Å². The number of benzene rings is 4. The first-order valence-electron chi connectivity index (χ1n) is 14.7. The van der Waals surface area contributed by atoms with Crippen molar-refractivity contribution in [2.24, 2.45) is 5.73 Å². The lowest BCUT2D eigenvalue weighted by molar-refractivity contribution is -0.128. The molecule has 0 spiro atoms. The number of anilines is 1. The topological polar surface area (TPSA) is 105 Å². The molecule has 3 amide bonds. The fourth-order valence-electron chi connectivity index (χ4n) is 5.45. The molecule has 1 atom stereocenters. The van der Waals surface area contributed by atoms with Crippen LogP contribution < -0.4 is 21.3 Å². The summed E-state index contributed by atoms with van der Waals surface area (Å²) in [6.45, 7) is 4.39. The fourth-order valence-corrected chi connectivity index (χ4v) is 5.45. The second-order valence-corrected chi connectivity index (χ2v) is 11.8. The molecule has 1 heterocycles. The number of nitrogens with two attached hydrogens (primary N) is 1. The van der Waals surface area contributed by atoms with Gasteiger partial charge in [-0.15, -0.1) is 0 Å². The first-order chi connectivity index (χ1) is 20.7. The molecule has 7 heteroatoms. The SMILES string of the molecule is CC(C)(N)CC(=O)NC1CCc2ccccc2N(Cc2ccc(-c3ccccc3C(=O)NCc3ccccc3)cc2)C1=O. The summed E-state index contributed by atoms with van der Waals surface area (Å²) in [6.07, 6.45) is 1.33. The Kier molecular flexibility index (Phi) is 9.02. The van der Waals surface area contributed by atoms with Gasteiger partial charge in [-0.2, -0.15) is 0 Å². The van der Waals surface area contributed by atoms with Crippen LogP contribution in [0.15, 0.2) is 103 Å². The van der Waals surface area contributed by atoms with E-state index in [1.54, 1.807) is 18.7 Å². The van der Waals surface area contributed by atoms with Crippen molar-refractivity contribution in [1.29, 1.82) is 0 Å². The molecular formula is C36H38N4O3. The standard InChI is InChI=1S/C36H38N4O3/c1-36(2,37)22-33(41)39-31-21-20-28-12-6-9-15-32(28)40(35(31)43)24-26-16-18-27(19-17-26)29-13-7-8-14-30(29)34(42)38-23-25-10-4-3-5-11-25/h3-19,31H,20-24,37H2,1-2H3,(H,38,42)(H,39,41). The van der Waals surface area contributed by atoms with Gasteiger partial charge in [-0.3, -0.25) is 14.4 Å². The lowest BCUT2D eigenvalue weighted by Crippen LogP contribution is -2.49. The molecule has 1 unspecified atom stereocenters. The van der Waals surface area contributed by atoms with E-state index in [2.05, 4.69) is 10.6 Å². The lowest BCUT2D eigenvalue weighted by atomic mass is 9.98. The van der Waals surface area contributed by atoms with Crippen molar-refractivity contribution in [1.82, 2.24) is 10.6 Å². The zero-order chi connectivity index (χ0) is 30.4. The maximum Gasteiger partial charge on any atom is 0.252 e. The maximum absolute atomic E-state index is 13.8. The summed E-state index contributed by atoms with van der Waals surface area (Å²) in [7, 11) is 0. The van der Waals surface area contributed by atoms with Crippen LogP contribution in [0.25, 0.3) is 11.1 Å². The minimum atomic E-state index is -0.663. The summed E-state index contributed by atoms with van der Waals surface area (Å²) in [5.74, 6) is -0.508. The zero-order valence-electron chi connectivity index (χ0n) is 24.7. The Morgan fingerprint density at radius 2 is 1.53 bits per heavy atom. The number of aryl methyl sites for hydroxylation is 1. The van der Waals surface area contributed by atoms with Gasteiger partial charge in [0.25, 0.3) is 5.91 Å². The molecule has 220 valence electrons. The van der Waals surface area contributed by atoms with Gasteiger partial charge in [-0.25, -0.2) is 0 Å². The molecule has 1 aliphatic rings. The van der Waals surface area contributed by atoms with E-state index in [1.165, 1.54) is 0 Å². The molecule has 0 saturated heterocycles. The highest BCUT2D eigenvalue weighted by Gasteiger charge is 2.32. The Morgan fingerprint density at radius 1 is 0.860 bits per heavy atom. The molecule has 0 saturated carbocycles. The van der Waals surface area contributed by atoms with Gasteiger partial charge in [0.1, 0.15) is 6.04 Å². The number of para-hydroxylation sites is 1. The van der Waals surface area contributed by atoms with E-state index in [9.17, 15) is 14.4 Å². The monoisotopic (exact) mass is 574 g/mol. The highest BCUT2D eigenvalue weighted by Crippen LogP contribution is 2.30. The summed E-state index contributed by atoms with van der Waals surface area (Å²) >= 11 is 0. The van der Waals surface area contributed by atoms with Gasteiger partial charge in [0.15, 0.2) is 0 Å². The summed E-state index contributed by atoms with van der Waals surface area (Å²) in [5, 5.41) is 5.96. The molecule has 0 fully saturated rings. The molecule has 4 N–H and O–H groups in total. The minimum Gasteiger partial charge on any atom is -0.348 e. The van der Waals surface area contributed by atoms with E-state index in [1.807, 2.05) is 103 Å². The van der Waals surface area contributed by atoms with Gasteiger partial charge in [0.05, 0.1) is 6.54 Å². The van der Waals surface area contributed by atoms with Crippen LogP contribution in [0.2, 0.25) is 0 Å². The van der Waals surface area contributed by atoms with Crippen LogP contribution in [0.1, 0.15) is 53.7 Å². The van der Waals surface area contributed by atoms with Gasteiger partial charge < -0.3 is 21.3 Å². The molecule has 0 aromatic heterocycles. The van der Waals surface area contributed by atoms with E-state index in [-0.39, 0.29) is 24.1 Å². The van der Waals surface area contributed by atoms with Crippen LogP contribution in [0.4, 0.5) is 5.69 Å². The normalized spacial score (nSPS) is 14.9. The fraction of sp³-hybridized carbons (Fsp3) is 0.250. The number of nitrogens with one attached hydrogen (secondary N) is 2. The molecule has 43 heavy (non-hydrogen) atoms. The molecule has 5 rings (SSSR count). The van der Waals surface area contributed by atoms with Crippen molar-refractivity contribution in [3.8, 4) is 11.1 Å². The van der Waals surface area contributed by atoms with Crippen molar-refractivity contribution in [2.75, 3.05) is 4.90 Å². The van der Waals surface area contributed by atoms with Gasteiger partial charge in [-0.1, -0.05) is 91.0 Å². The van der Waals surface area contributed by atoms with Crippen LogP contribution >= 0.6 is 0 Å². The molecule has 0 aliphatic carbocycles. The first-order valence-corrected chi connectivity index (χ1v) is 14.7. The molecule has 0 radical (unpaired) electrons. The second kappa shape index (κ2) is 13.0. The Bertz CT molecular complexity index is 1590. The Hall–Kier alpha value is -4.75. The average Bonchev–Trinajstić information content (AvgIpc) is 3.12. The predicted octanol–water partition coefficient (Wildman–Crippen LogP) is 5.38. The third-order valence-corrected chi connectivity index (χ3v) is 7.57. The zero-order valence-corrected chi connectivity index (χ0v) is 24.7. The molecule has 0 bridgehead atoms. The quantitative estimate of drug-likeness (QED) is 0.250. The van der Waals surface area contributed by atoms with Crippen molar-refractivity contribution < 1.29 is 14.4 Å². The van der Waals surface area contributed by atoms with Gasteiger partial charge >= 0.3 is 0 Å². The highest BCUT2D eigenvalue weighted by molar-refractivity contribution is 6.01. The molecule has 4 aromatic rings. The van der Waals surface area contributed by atoms with Crippen molar-refractivity contribution in [3.63, 3.8) is 0 Å². The molecule has 1 aliphatic heterocycles. The number of carbonyl (C=O) groups excluding carboxylic acids is 3. The van der Waals surface area contributed by atoms with Crippen LogP contribution in [0.3, 0.4) is 0 Å². The van der Waals surface area contributed by atoms with E-state index in [0.29, 0.717) is 31.5 Å². The molecular weight excluding hydrogens is 536 g/mol. The smallest absolute Gasteiger partial charge is 0.252 e. The van der Waals surface area contributed by atoms with Gasteiger partial charge in [0, 0.05) is 29.8 Å². The van der Waals surface area contributed by atoms with Crippen molar-refractivity contribution in [2.45, 2.75) is 57.8 Å². The van der Waals surface area contributed by atoms with Crippen molar-refractivity contribution >= 4 is 23.4 Å². The third-order valence-electron chi connectivity index (χ3n) is 7.57. The van der Waals surface area contributed by atoms with Crippen LogP contribution in [-0.4, -0.2) is 29.3 Å². The van der Waals surface area contributed by atoms with E-state index >= 15 is 0 Å². The number of amides is 3. The van der Waals surface area contributed by atoms with E-state index in [4.69, 9.17) is 5.73 Å². The summed E-state index contributed by atoms with van der Waals surface area (Å²) in [6, 6.07) is 32.6. The number of carbonyl (C=O) groups is 3. The average molecular weight is 575 g/mol. The summed E-state index contributed by atoms with van der Waals surface area (Å²) in [4.78, 5) is 41.4. The number of hydrogen-bond donors (Lipinski definition) is 3. The predicted molar refractivity (Wildman–Crippen MR) is 170 cm³/mol. The number of fused-ring (bicyclic) bond motifs is 1. The molecule has 4 aromatic carbocycles. The lowest BCUT2D eigenvalue weighted by Gasteiger charge is -2.27. The summed E-state index contributed by atoms with van der Waals surface area (Å²) < 4.78 is 0. The van der Waals surface area contributed by atoms with Crippen LogP contribution in [0, 0.1) is 0 Å². The van der Waals surface area contributed by atoms with Crippen molar-refractivity contribution in [3.05, 3.63) is 125 Å². The van der Waals surface area contributed by atoms with E-state index in [0.717, 1.165) is 33.5 Å². The Balaban J connectivity index is 1.34. The number of hydrogen-bond acceptors (Lipinski definition) is 4. The number of nitrogens with zero attached hydrogens (tertiary/aromatic N) is 1. The van der Waals surface area contributed by atoms with Gasteiger partial charge in [-0.05, 0) is 66.6 Å². The molecule has 7 nitrogen and oxygen atoms in total.